The molecule has 0 aliphatic heterocycles. The van der Waals surface area contributed by atoms with Crippen LogP contribution in [0, 0.1) is 0 Å². The Morgan fingerprint density at radius 1 is 0.882 bits per heavy atom. The van der Waals surface area contributed by atoms with E-state index in [1.54, 1.807) is 60.7 Å². The quantitative estimate of drug-likeness (QED) is 0.307. The molecule has 0 aliphatic carbocycles. The highest BCUT2D eigenvalue weighted by Gasteiger charge is 2.14. The molecule has 4 aromatic rings. The number of anilines is 2. The standard InChI is InChI=1S/C24H19Cl2N5O2S/c1-31-22(29-30-24(31)34-14-21(32)27-20-4-2-3-18(26)13-20)15-7-11-19(12-8-15)28-23(33)16-5-9-17(25)10-6-16/h2-13H,14H2,1H3,(H,27,32)(H,28,33). The van der Waals surface area contributed by atoms with Crippen molar-refractivity contribution in [3.8, 4) is 11.4 Å². The third kappa shape index (κ3) is 5.96. The van der Waals surface area contributed by atoms with E-state index in [2.05, 4.69) is 20.8 Å². The van der Waals surface area contributed by atoms with Gasteiger partial charge in [0, 0.05) is 39.6 Å². The van der Waals surface area contributed by atoms with Crippen LogP contribution < -0.4 is 10.6 Å². The van der Waals surface area contributed by atoms with E-state index >= 15 is 0 Å². The van der Waals surface area contributed by atoms with Crippen molar-refractivity contribution in [1.82, 2.24) is 14.8 Å². The van der Waals surface area contributed by atoms with Crippen LogP contribution in [0.3, 0.4) is 0 Å². The van der Waals surface area contributed by atoms with Crippen molar-refractivity contribution in [2.24, 2.45) is 7.05 Å². The summed E-state index contributed by atoms with van der Waals surface area (Å²) in [4.78, 5) is 24.6. The molecule has 3 aromatic carbocycles. The van der Waals surface area contributed by atoms with Gasteiger partial charge in [-0.2, -0.15) is 0 Å². The summed E-state index contributed by atoms with van der Waals surface area (Å²) < 4.78 is 1.82. The van der Waals surface area contributed by atoms with Crippen molar-refractivity contribution >= 4 is 58.2 Å². The molecular weight excluding hydrogens is 493 g/mol. The first kappa shape index (κ1) is 23.8. The lowest BCUT2D eigenvalue weighted by molar-refractivity contribution is -0.113. The lowest BCUT2D eigenvalue weighted by Crippen LogP contribution is -2.14. The largest absolute Gasteiger partial charge is 0.325 e. The smallest absolute Gasteiger partial charge is 0.255 e. The van der Waals surface area contributed by atoms with E-state index in [1.165, 1.54) is 11.8 Å². The zero-order chi connectivity index (χ0) is 24.1. The number of hydrogen-bond donors (Lipinski definition) is 2. The molecule has 172 valence electrons. The Kier molecular flexibility index (Phi) is 7.52. The lowest BCUT2D eigenvalue weighted by Gasteiger charge is -2.08. The van der Waals surface area contributed by atoms with Gasteiger partial charge in [-0.15, -0.1) is 10.2 Å². The number of benzene rings is 3. The Labute approximate surface area is 210 Å². The average Bonchev–Trinajstić information content (AvgIpc) is 3.19. The highest BCUT2D eigenvalue weighted by molar-refractivity contribution is 7.99. The van der Waals surface area contributed by atoms with Crippen LogP contribution in [0.15, 0.2) is 78.0 Å². The summed E-state index contributed by atoms with van der Waals surface area (Å²) in [5.74, 6) is 0.428. The number of aromatic nitrogens is 3. The molecule has 0 unspecified atom stereocenters. The van der Waals surface area contributed by atoms with Gasteiger partial charge in [0.05, 0.1) is 5.75 Å². The number of nitrogens with one attached hydrogen (secondary N) is 2. The van der Waals surface area contributed by atoms with Gasteiger partial charge in [-0.05, 0) is 66.7 Å². The van der Waals surface area contributed by atoms with Crippen LogP contribution in [0.1, 0.15) is 10.4 Å². The molecule has 1 aromatic heterocycles. The summed E-state index contributed by atoms with van der Waals surface area (Å²) in [6.07, 6.45) is 0. The van der Waals surface area contributed by atoms with E-state index in [-0.39, 0.29) is 17.6 Å². The van der Waals surface area contributed by atoms with Gasteiger partial charge in [-0.1, -0.05) is 41.0 Å². The minimum absolute atomic E-state index is 0.169. The van der Waals surface area contributed by atoms with Crippen molar-refractivity contribution in [3.63, 3.8) is 0 Å². The Balaban J connectivity index is 1.36. The van der Waals surface area contributed by atoms with Crippen LogP contribution in [0.2, 0.25) is 10.0 Å². The molecule has 0 bridgehead atoms. The topological polar surface area (TPSA) is 88.9 Å². The van der Waals surface area contributed by atoms with Gasteiger partial charge in [0.15, 0.2) is 11.0 Å². The Morgan fingerprint density at radius 3 is 2.32 bits per heavy atom. The molecule has 2 N–H and O–H groups in total. The molecule has 0 radical (unpaired) electrons. The minimum Gasteiger partial charge on any atom is -0.325 e. The van der Waals surface area contributed by atoms with Crippen molar-refractivity contribution in [3.05, 3.63) is 88.4 Å². The first-order valence-corrected chi connectivity index (χ1v) is 11.9. The van der Waals surface area contributed by atoms with Gasteiger partial charge < -0.3 is 15.2 Å². The number of carbonyl (C=O) groups is 2. The molecule has 10 heteroatoms. The fraction of sp³-hybridized carbons (Fsp3) is 0.0833. The number of halogens is 2. The summed E-state index contributed by atoms with van der Waals surface area (Å²) in [5, 5.41) is 15.8. The van der Waals surface area contributed by atoms with Crippen molar-refractivity contribution in [2.45, 2.75) is 5.16 Å². The average molecular weight is 512 g/mol. The van der Waals surface area contributed by atoms with Crippen molar-refractivity contribution < 1.29 is 9.59 Å². The lowest BCUT2D eigenvalue weighted by atomic mass is 10.1. The third-order valence-corrected chi connectivity index (χ3v) is 6.29. The van der Waals surface area contributed by atoms with Gasteiger partial charge in [0.25, 0.3) is 5.91 Å². The van der Waals surface area contributed by atoms with E-state index in [4.69, 9.17) is 23.2 Å². The van der Waals surface area contributed by atoms with Crippen molar-refractivity contribution in [2.75, 3.05) is 16.4 Å². The van der Waals surface area contributed by atoms with Crippen LogP contribution in [0.25, 0.3) is 11.4 Å². The minimum atomic E-state index is -0.224. The zero-order valence-corrected chi connectivity index (χ0v) is 20.3. The molecule has 0 saturated heterocycles. The second kappa shape index (κ2) is 10.7. The molecule has 2 amide bonds. The van der Waals surface area contributed by atoms with Crippen LogP contribution in [0.5, 0.6) is 0 Å². The zero-order valence-electron chi connectivity index (χ0n) is 18.0. The number of nitrogens with zero attached hydrogens (tertiary/aromatic N) is 3. The molecule has 4 rings (SSSR count). The molecule has 0 fully saturated rings. The highest BCUT2D eigenvalue weighted by atomic mass is 35.5. The van der Waals surface area contributed by atoms with Crippen LogP contribution in [-0.2, 0) is 11.8 Å². The number of rotatable bonds is 7. The Morgan fingerprint density at radius 2 is 1.62 bits per heavy atom. The second-order valence-corrected chi connectivity index (χ2v) is 9.07. The van der Waals surface area contributed by atoms with Gasteiger partial charge in [-0.3, -0.25) is 9.59 Å². The van der Waals surface area contributed by atoms with E-state index in [0.717, 1.165) is 5.56 Å². The summed E-state index contributed by atoms with van der Waals surface area (Å²) in [6, 6.07) is 20.9. The summed E-state index contributed by atoms with van der Waals surface area (Å²) in [6.45, 7) is 0. The summed E-state index contributed by atoms with van der Waals surface area (Å²) in [7, 11) is 1.84. The van der Waals surface area contributed by atoms with Crippen LogP contribution in [-0.4, -0.2) is 32.3 Å². The van der Waals surface area contributed by atoms with Gasteiger partial charge >= 0.3 is 0 Å². The molecule has 0 atom stereocenters. The highest BCUT2D eigenvalue weighted by Crippen LogP contribution is 2.24. The maximum absolute atomic E-state index is 12.4. The van der Waals surface area contributed by atoms with Crippen LogP contribution >= 0.6 is 35.0 Å². The SMILES string of the molecule is Cn1c(SCC(=O)Nc2cccc(Cl)c2)nnc1-c1ccc(NC(=O)c2ccc(Cl)cc2)cc1. The first-order chi connectivity index (χ1) is 16.4. The Hall–Kier alpha value is -3.33. The van der Waals surface area contributed by atoms with E-state index in [0.29, 0.717) is 38.0 Å². The molecular formula is C24H19Cl2N5O2S. The molecule has 0 spiro atoms. The predicted molar refractivity (Wildman–Crippen MR) is 137 cm³/mol. The monoisotopic (exact) mass is 511 g/mol. The number of amides is 2. The Bertz CT molecular complexity index is 1320. The van der Waals surface area contributed by atoms with E-state index in [9.17, 15) is 9.59 Å². The second-order valence-electron chi connectivity index (χ2n) is 7.25. The third-order valence-electron chi connectivity index (χ3n) is 4.78. The molecule has 1 heterocycles. The molecule has 0 aliphatic rings. The van der Waals surface area contributed by atoms with E-state index in [1.807, 2.05) is 23.7 Å². The van der Waals surface area contributed by atoms with Crippen LogP contribution in [0.4, 0.5) is 11.4 Å². The van der Waals surface area contributed by atoms with Crippen molar-refractivity contribution in [1.29, 1.82) is 0 Å². The normalized spacial score (nSPS) is 10.7. The molecule has 34 heavy (non-hydrogen) atoms. The van der Waals surface area contributed by atoms with Gasteiger partial charge in [0.1, 0.15) is 0 Å². The fourth-order valence-electron chi connectivity index (χ4n) is 3.09. The fourth-order valence-corrected chi connectivity index (χ4v) is 4.12. The first-order valence-electron chi connectivity index (χ1n) is 10.1. The number of hydrogen-bond acceptors (Lipinski definition) is 5. The van der Waals surface area contributed by atoms with Gasteiger partial charge in [-0.25, -0.2) is 0 Å². The molecule has 7 nitrogen and oxygen atoms in total. The number of thioether (sulfide) groups is 1. The summed E-state index contributed by atoms with van der Waals surface area (Å²) in [5.41, 5.74) is 2.63. The molecule has 0 saturated carbocycles. The maximum Gasteiger partial charge on any atom is 0.255 e. The van der Waals surface area contributed by atoms with E-state index < -0.39 is 0 Å². The predicted octanol–water partition coefficient (Wildman–Crippen LogP) is 5.77. The van der Waals surface area contributed by atoms with Gasteiger partial charge in [0.2, 0.25) is 5.91 Å². The summed E-state index contributed by atoms with van der Waals surface area (Å²) >= 11 is 13.1. The number of carbonyl (C=O) groups excluding carboxylic acids is 2. The maximum atomic E-state index is 12.4.